The van der Waals surface area contributed by atoms with E-state index < -0.39 is 29.0 Å². The van der Waals surface area contributed by atoms with Crippen LogP contribution in [0.2, 0.25) is 0 Å². The number of amides is 3. The van der Waals surface area contributed by atoms with E-state index in [2.05, 4.69) is 10.6 Å². The third-order valence-electron chi connectivity index (χ3n) is 6.32. The largest absolute Gasteiger partial charge is 0.464 e. The van der Waals surface area contributed by atoms with Crippen LogP contribution in [0.5, 0.6) is 0 Å². The SMILES string of the molecule is CCC(CC)(NC(=O)NC(C(=O)N1CCCC1C)C(C)(C)C)C(=O)OCC1CC1. The fourth-order valence-electron chi connectivity index (χ4n) is 3.84. The standard InChI is InChI=1S/C22H39N3O4/c1-7-22(8-2,19(27)29-14-16-11-12-16)24-20(28)23-17(21(4,5)6)18(26)25-13-9-10-15(25)3/h15-17H,7-14H2,1-6H3,(H2,23,24,28). The van der Waals surface area contributed by atoms with Crippen molar-refractivity contribution in [2.45, 2.75) is 97.7 Å². The van der Waals surface area contributed by atoms with Crippen molar-refractivity contribution in [2.75, 3.05) is 13.2 Å². The summed E-state index contributed by atoms with van der Waals surface area (Å²) in [5, 5.41) is 5.70. The Balaban J connectivity index is 2.07. The Bertz CT molecular complexity index is 606. The molecule has 2 fully saturated rings. The molecule has 1 heterocycles. The van der Waals surface area contributed by atoms with Crippen molar-refractivity contribution in [3.8, 4) is 0 Å². The summed E-state index contributed by atoms with van der Waals surface area (Å²) >= 11 is 0. The van der Waals surface area contributed by atoms with E-state index in [4.69, 9.17) is 4.74 Å². The predicted molar refractivity (Wildman–Crippen MR) is 112 cm³/mol. The number of hydrogen-bond acceptors (Lipinski definition) is 4. The molecular formula is C22H39N3O4. The first-order chi connectivity index (χ1) is 13.5. The topological polar surface area (TPSA) is 87.7 Å². The molecule has 0 aromatic heterocycles. The van der Waals surface area contributed by atoms with Gasteiger partial charge in [0.1, 0.15) is 11.6 Å². The summed E-state index contributed by atoms with van der Waals surface area (Å²) in [5.41, 5.74) is -1.53. The highest BCUT2D eigenvalue weighted by atomic mass is 16.5. The molecule has 166 valence electrons. The molecule has 0 bridgehead atoms. The van der Waals surface area contributed by atoms with Crippen molar-refractivity contribution in [3.05, 3.63) is 0 Å². The molecule has 1 saturated heterocycles. The van der Waals surface area contributed by atoms with E-state index in [0.29, 0.717) is 25.4 Å². The van der Waals surface area contributed by atoms with Crippen LogP contribution in [0.15, 0.2) is 0 Å². The van der Waals surface area contributed by atoms with Crippen molar-refractivity contribution < 1.29 is 19.1 Å². The normalized spacial score (nSPS) is 20.9. The molecule has 2 N–H and O–H groups in total. The van der Waals surface area contributed by atoms with Crippen LogP contribution in [0, 0.1) is 11.3 Å². The van der Waals surface area contributed by atoms with Crippen molar-refractivity contribution >= 4 is 17.9 Å². The zero-order valence-corrected chi connectivity index (χ0v) is 19.0. The molecular weight excluding hydrogens is 370 g/mol. The van der Waals surface area contributed by atoms with E-state index in [1.165, 1.54) is 0 Å². The number of likely N-dealkylation sites (tertiary alicyclic amines) is 1. The summed E-state index contributed by atoms with van der Waals surface area (Å²) in [5.74, 6) is 0.00781. The smallest absolute Gasteiger partial charge is 0.331 e. The van der Waals surface area contributed by atoms with E-state index in [1.54, 1.807) is 0 Å². The van der Waals surface area contributed by atoms with Crippen LogP contribution in [0.1, 0.15) is 80.1 Å². The maximum absolute atomic E-state index is 13.2. The molecule has 1 aliphatic carbocycles. The fraction of sp³-hybridized carbons (Fsp3) is 0.864. The van der Waals surface area contributed by atoms with Gasteiger partial charge in [0.15, 0.2) is 0 Å². The number of carbonyl (C=O) groups is 3. The van der Waals surface area contributed by atoms with Crippen molar-refractivity contribution in [1.82, 2.24) is 15.5 Å². The second-order valence-corrected chi connectivity index (χ2v) is 9.75. The molecule has 0 spiro atoms. The first-order valence-electron chi connectivity index (χ1n) is 11.1. The number of ether oxygens (including phenoxy) is 1. The third kappa shape index (κ3) is 5.86. The van der Waals surface area contributed by atoms with Crippen LogP contribution in [0.3, 0.4) is 0 Å². The van der Waals surface area contributed by atoms with Crippen LogP contribution < -0.4 is 10.6 Å². The molecule has 0 aromatic carbocycles. The molecule has 2 rings (SSSR count). The Hall–Kier alpha value is -1.79. The first kappa shape index (κ1) is 23.5. The maximum atomic E-state index is 13.2. The highest BCUT2D eigenvalue weighted by Crippen LogP contribution is 2.30. The number of rotatable bonds is 8. The van der Waals surface area contributed by atoms with Gasteiger partial charge in [-0.15, -0.1) is 0 Å². The van der Waals surface area contributed by atoms with E-state index in [1.807, 2.05) is 46.4 Å². The molecule has 1 saturated carbocycles. The lowest BCUT2D eigenvalue weighted by Crippen LogP contribution is -2.62. The molecule has 0 radical (unpaired) electrons. The highest BCUT2D eigenvalue weighted by Gasteiger charge is 2.42. The summed E-state index contributed by atoms with van der Waals surface area (Å²) in [4.78, 5) is 40.6. The summed E-state index contributed by atoms with van der Waals surface area (Å²) in [6.07, 6.45) is 5.01. The second kappa shape index (κ2) is 9.35. The van der Waals surface area contributed by atoms with Crippen molar-refractivity contribution in [1.29, 1.82) is 0 Å². The second-order valence-electron chi connectivity index (χ2n) is 9.75. The number of hydrogen-bond donors (Lipinski definition) is 2. The van der Waals surface area contributed by atoms with Crippen molar-refractivity contribution in [3.63, 3.8) is 0 Å². The monoisotopic (exact) mass is 409 g/mol. The minimum Gasteiger partial charge on any atom is -0.464 e. The lowest BCUT2D eigenvalue weighted by Gasteiger charge is -2.36. The van der Waals surface area contributed by atoms with Gasteiger partial charge >= 0.3 is 12.0 Å². The molecule has 0 aromatic rings. The Morgan fingerprint density at radius 3 is 2.17 bits per heavy atom. The predicted octanol–water partition coefficient (Wildman–Crippen LogP) is 3.22. The minimum absolute atomic E-state index is 0.0624. The van der Waals surface area contributed by atoms with Crippen LogP contribution in [0.4, 0.5) is 4.79 Å². The van der Waals surface area contributed by atoms with Crippen LogP contribution in [-0.4, -0.2) is 53.6 Å². The Morgan fingerprint density at radius 1 is 1.10 bits per heavy atom. The molecule has 7 nitrogen and oxygen atoms in total. The van der Waals surface area contributed by atoms with Gasteiger partial charge in [-0.3, -0.25) is 4.79 Å². The average molecular weight is 410 g/mol. The van der Waals surface area contributed by atoms with Crippen LogP contribution >= 0.6 is 0 Å². The zero-order chi connectivity index (χ0) is 21.8. The van der Waals surface area contributed by atoms with Gasteiger partial charge in [0.2, 0.25) is 5.91 Å². The molecule has 1 aliphatic heterocycles. The van der Waals surface area contributed by atoms with Gasteiger partial charge < -0.3 is 20.3 Å². The van der Waals surface area contributed by atoms with E-state index in [-0.39, 0.29) is 11.9 Å². The van der Waals surface area contributed by atoms with Gasteiger partial charge in [0, 0.05) is 12.6 Å². The fourth-order valence-corrected chi connectivity index (χ4v) is 3.84. The highest BCUT2D eigenvalue weighted by molar-refractivity contribution is 5.91. The number of carbonyl (C=O) groups excluding carboxylic acids is 3. The van der Waals surface area contributed by atoms with E-state index >= 15 is 0 Å². The van der Waals surface area contributed by atoms with E-state index in [9.17, 15) is 14.4 Å². The van der Waals surface area contributed by atoms with Gasteiger partial charge in [0.25, 0.3) is 0 Å². The van der Waals surface area contributed by atoms with Crippen LogP contribution in [0.25, 0.3) is 0 Å². The van der Waals surface area contributed by atoms with Gasteiger partial charge in [-0.1, -0.05) is 34.6 Å². The Labute approximate surface area is 175 Å². The Kier molecular flexibility index (Phi) is 7.57. The van der Waals surface area contributed by atoms with Gasteiger partial charge in [-0.05, 0) is 56.8 Å². The number of nitrogens with zero attached hydrogens (tertiary/aromatic N) is 1. The zero-order valence-electron chi connectivity index (χ0n) is 19.0. The first-order valence-corrected chi connectivity index (χ1v) is 11.1. The van der Waals surface area contributed by atoms with Crippen molar-refractivity contribution in [2.24, 2.45) is 11.3 Å². The van der Waals surface area contributed by atoms with E-state index in [0.717, 1.165) is 32.2 Å². The lowest BCUT2D eigenvalue weighted by atomic mass is 9.85. The third-order valence-corrected chi connectivity index (χ3v) is 6.32. The van der Waals surface area contributed by atoms with Gasteiger partial charge in [-0.2, -0.15) is 0 Å². The average Bonchev–Trinajstić information content (AvgIpc) is 3.39. The maximum Gasteiger partial charge on any atom is 0.331 e. The summed E-state index contributed by atoms with van der Waals surface area (Å²) in [6, 6.07) is -0.992. The molecule has 2 atom stereocenters. The summed E-state index contributed by atoms with van der Waals surface area (Å²) in [7, 11) is 0. The Morgan fingerprint density at radius 2 is 1.72 bits per heavy atom. The minimum atomic E-state index is -1.08. The summed E-state index contributed by atoms with van der Waals surface area (Å²) in [6.45, 7) is 12.7. The quantitative estimate of drug-likeness (QED) is 0.603. The molecule has 2 unspecified atom stereocenters. The van der Waals surface area contributed by atoms with Gasteiger partial charge in [-0.25, -0.2) is 9.59 Å². The summed E-state index contributed by atoms with van der Waals surface area (Å²) < 4.78 is 5.47. The molecule has 29 heavy (non-hydrogen) atoms. The molecule has 2 aliphatic rings. The molecule has 3 amide bonds. The number of esters is 1. The number of nitrogens with one attached hydrogen (secondary N) is 2. The lowest BCUT2D eigenvalue weighted by molar-refractivity contribution is -0.152. The van der Waals surface area contributed by atoms with Crippen LogP contribution in [-0.2, 0) is 14.3 Å². The number of urea groups is 1. The molecule has 7 heteroatoms. The van der Waals surface area contributed by atoms with Gasteiger partial charge in [0.05, 0.1) is 6.61 Å².